The Morgan fingerprint density at radius 2 is 2.00 bits per heavy atom. The summed E-state index contributed by atoms with van der Waals surface area (Å²) in [6.45, 7) is 0. The van der Waals surface area contributed by atoms with E-state index in [-0.39, 0.29) is 11.8 Å². The van der Waals surface area contributed by atoms with E-state index in [2.05, 4.69) is 21.1 Å². The summed E-state index contributed by atoms with van der Waals surface area (Å²) >= 11 is 1.38. The summed E-state index contributed by atoms with van der Waals surface area (Å²) in [6, 6.07) is 6.95. The van der Waals surface area contributed by atoms with E-state index in [0.29, 0.717) is 10.8 Å². The normalized spacial score (nSPS) is 17.2. The number of thiazole rings is 1. The van der Waals surface area contributed by atoms with Crippen LogP contribution >= 0.6 is 11.3 Å². The number of rotatable bonds is 5. The molecule has 8 heteroatoms. The number of hydrogen-bond acceptors (Lipinski definition) is 5. The van der Waals surface area contributed by atoms with E-state index in [1.807, 2.05) is 11.5 Å². The van der Waals surface area contributed by atoms with Gasteiger partial charge in [-0.2, -0.15) is 0 Å². The van der Waals surface area contributed by atoms with Crippen molar-refractivity contribution in [2.24, 2.45) is 5.92 Å². The van der Waals surface area contributed by atoms with E-state index >= 15 is 0 Å². The molecule has 0 radical (unpaired) electrons. The van der Waals surface area contributed by atoms with Crippen molar-refractivity contribution in [1.29, 1.82) is 0 Å². The van der Waals surface area contributed by atoms with E-state index in [9.17, 15) is 13.2 Å². The van der Waals surface area contributed by atoms with Crippen LogP contribution in [0, 0.1) is 5.92 Å². The minimum absolute atomic E-state index is 0.0120. The number of anilines is 2. The lowest BCUT2D eigenvalue weighted by Crippen LogP contribution is -2.23. The standard InChI is InChI=1S/C17H19N3O3S2/c1-25(22,23)20-14-9-7-12(8-10-14)15-11-24-17(18-15)19-16(21)13-5-3-2-4-6-13/h2-3,7-11,13,20H,4-6H2,1H3,(H,18,19,21). The Balaban J connectivity index is 1.66. The van der Waals surface area contributed by atoms with Crippen LogP contribution in [0.25, 0.3) is 11.3 Å². The van der Waals surface area contributed by atoms with Gasteiger partial charge in [-0.3, -0.25) is 9.52 Å². The first-order chi connectivity index (χ1) is 11.9. The first kappa shape index (κ1) is 17.6. The predicted molar refractivity (Wildman–Crippen MR) is 101 cm³/mol. The molecule has 132 valence electrons. The molecule has 1 aromatic heterocycles. The van der Waals surface area contributed by atoms with E-state index in [1.165, 1.54) is 11.3 Å². The molecular formula is C17H19N3O3S2. The first-order valence-corrected chi connectivity index (χ1v) is 10.7. The Hall–Kier alpha value is -2.19. The molecule has 1 heterocycles. The fourth-order valence-electron chi connectivity index (χ4n) is 2.63. The maximum Gasteiger partial charge on any atom is 0.229 e. The maximum absolute atomic E-state index is 12.2. The van der Waals surface area contributed by atoms with Gasteiger partial charge in [0.1, 0.15) is 0 Å². The van der Waals surface area contributed by atoms with Crippen LogP contribution in [0.5, 0.6) is 0 Å². The number of carbonyl (C=O) groups excluding carboxylic acids is 1. The third-order valence-corrected chi connectivity index (χ3v) is 5.22. The predicted octanol–water partition coefficient (Wildman–Crippen LogP) is 3.48. The lowest BCUT2D eigenvalue weighted by atomic mass is 9.94. The van der Waals surface area contributed by atoms with Crippen molar-refractivity contribution >= 4 is 38.1 Å². The molecule has 0 aliphatic heterocycles. The molecule has 1 aromatic carbocycles. The van der Waals surface area contributed by atoms with Crippen molar-refractivity contribution in [2.75, 3.05) is 16.3 Å². The van der Waals surface area contributed by atoms with Gasteiger partial charge in [0.25, 0.3) is 0 Å². The largest absolute Gasteiger partial charge is 0.302 e. The highest BCUT2D eigenvalue weighted by molar-refractivity contribution is 7.92. The molecule has 3 rings (SSSR count). The maximum atomic E-state index is 12.2. The third kappa shape index (κ3) is 4.90. The molecular weight excluding hydrogens is 358 g/mol. The molecule has 25 heavy (non-hydrogen) atoms. The highest BCUT2D eigenvalue weighted by atomic mass is 32.2. The molecule has 0 bridgehead atoms. The molecule has 1 aliphatic rings. The first-order valence-electron chi connectivity index (χ1n) is 7.90. The van der Waals surface area contributed by atoms with Crippen LogP contribution in [0.3, 0.4) is 0 Å². The molecule has 1 aliphatic carbocycles. The van der Waals surface area contributed by atoms with Crippen molar-refractivity contribution in [1.82, 2.24) is 4.98 Å². The number of benzene rings is 1. The second-order valence-corrected chi connectivity index (χ2v) is 8.57. The summed E-state index contributed by atoms with van der Waals surface area (Å²) in [5.74, 6) is 0.0247. The molecule has 0 fully saturated rings. The summed E-state index contributed by atoms with van der Waals surface area (Å²) < 4.78 is 24.9. The average Bonchev–Trinajstić information content (AvgIpc) is 3.03. The van der Waals surface area contributed by atoms with E-state index in [0.717, 1.165) is 36.8 Å². The van der Waals surface area contributed by atoms with Gasteiger partial charge in [0.2, 0.25) is 15.9 Å². The Kier molecular flexibility index (Phi) is 5.19. The van der Waals surface area contributed by atoms with Crippen molar-refractivity contribution in [3.05, 3.63) is 41.8 Å². The van der Waals surface area contributed by atoms with Gasteiger partial charge in [-0.25, -0.2) is 13.4 Å². The Labute approximate surface area is 151 Å². The lowest BCUT2D eigenvalue weighted by molar-refractivity contribution is -0.120. The number of sulfonamides is 1. The summed E-state index contributed by atoms with van der Waals surface area (Å²) in [5.41, 5.74) is 2.10. The van der Waals surface area contributed by atoms with Gasteiger partial charge in [-0.1, -0.05) is 24.3 Å². The molecule has 0 spiro atoms. The zero-order valence-corrected chi connectivity index (χ0v) is 15.4. The Morgan fingerprint density at radius 3 is 2.64 bits per heavy atom. The van der Waals surface area contributed by atoms with Crippen LogP contribution in [0.4, 0.5) is 10.8 Å². The SMILES string of the molecule is CS(=O)(=O)Nc1ccc(-c2csc(NC(=O)C3CC=CCC3)n2)cc1. The van der Waals surface area contributed by atoms with Crippen molar-refractivity contribution < 1.29 is 13.2 Å². The monoisotopic (exact) mass is 377 g/mol. The molecule has 6 nitrogen and oxygen atoms in total. The van der Waals surface area contributed by atoms with Crippen LogP contribution in [-0.4, -0.2) is 25.6 Å². The zero-order chi connectivity index (χ0) is 17.9. The van der Waals surface area contributed by atoms with Crippen molar-refractivity contribution in [3.8, 4) is 11.3 Å². The van der Waals surface area contributed by atoms with E-state index in [1.54, 1.807) is 24.3 Å². The van der Waals surface area contributed by atoms with Gasteiger partial charge >= 0.3 is 0 Å². The number of carbonyl (C=O) groups is 1. The van der Waals surface area contributed by atoms with Crippen LogP contribution in [0.2, 0.25) is 0 Å². The highest BCUT2D eigenvalue weighted by Crippen LogP contribution is 2.27. The molecule has 1 unspecified atom stereocenters. The van der Waals surface area contributed by atoms with Gasteiger partial charge in [0.15, 0.2) is 5.13 Å². The topological polar surface area (TPSA) is 88.2 Å². The number of hydrogen-bond donors (Lipinski definition) is 2. The minimum atomic E-state index is -3.29. The molecule has 2 aromatic rings. The van der Waals surface area contributed by atoms with E-state index in [4.69, 9.17) is 0 Å². The summed E-state index contributed by atoms with van der Waals surface area (Å²) in [6.07, 6.45) is 7.85. The van der Waals surface area contributed by atoms with Crippen LogP contribution in [0.15, 0.2) is 41.8 Å². The number of nitrogens with zero attached hydrogens (tertiary/aromatic N) is 1. The molecule has 1 amide bonds. The highest BCUT2D eigenvalue weighted by Gasteiger charge is 2.19. The van der Waals surface area contributed by atoms with Crippen LogP contribution < -0.4 is 10.0 Å². The van der Waals surface area contributed by atoms with Gasteiger partial charge in [0, 0.05) is 22.5 Å². The molecule has 1 atom stereocenters. The molecule has 2 N–H and O–H groups in total. The number of allylic oxidation sites excluding steroid dienone is 2. The van der Waals surface area contributed by atoms with Crippen molar-refractivity contribution in [3.63, 3.8) is 0 Å². The number of amides is 1. The fourth-order valence-corrected chi connectivity index (χ4v) is 3.91. The number of aromatic nitrogens is 1. The summed E-state index contributed by atoms with van der Waals surface area (Å²) in [5, 5.41) is 5.33. The average molecular weight is 377 g/mol. The molecule has 0 saturated heterocycles. The third-order valence-electron chi connectivity index (χ3n) is 3.86. The Bertz CT molecular complexity index is 886. The van der Waals surface area contributed by atoms with E-state index < -0.39 is 10.0 Å². The van der Waals surface area contributed by atoms with Gasteiger partial charge in [-0.05, 0) is 31.4 Å². The quantitative estimate of drug-likeness (QED) is 0.781. The summed E-state index contributed by atoms with van der Waals surface area (Å²) in [4.78, 5) is 16.7. The van der Waals surface area contributed by atoms with Gasteiger partial charge in [-0.15, -0.1) is 11.3 Å². The minimum Gasteiger partial charge on any atom is -0.302 e. The smallest absolute Gasteiger partial charge is 0.229 e. The van der Waals surface area contributed by atoms with Gasteiger partial charge < -0.3 is 5.32 Å². The second kappa shape index (κ2) is 7.37. The summed E-state index contributed by atoms with van der Waals surface area (Å²) in [7, 11) is -3.29. The van der Waals surface area contributed by atoms with Crippen LogP contribution in [-0.2, 0) is 14.8 Å². The number of nitrogens with one attached hydrogen (secondary N) is 2. The second-order valence-electron chi connectivity index (χ2n) is 5.96. The Morgan fingerprint density at radius 1 is 1.24 bits per heavy atom. The van der Waals surface area contributed by atoms with Crippen LogP contribution in [0.1, 0.15) is 19.3 Å². The fraction of sp³-hybridized carbons (Fsp3) is 0.294. The van der Waals surface area contributed by atoms with Gasteiger partial charge in [0.05, 0.1) is 11.9 Å². The zero-order valence-electron chi connectivity index (χ0n) is 13.7. The lowest BCUT2D eigenvalue weighted by Gasteiger charge is -2.15. The van der Waals surface area contributed by atoms with Crippen molar-refractivity contribution in [2.45, 2.75) is 19.3 Å². The molecule has 0 saturated carbocycles.